The number of benzene rings is 1. The number of carbonyl (C=O) groups excluding carboxylic acids is 1. The van der Waals surface area contributed by atoms with Crippen molar-refractivity contribution < 1.29 is 4.79 Å². The molecule has 1 amide bonds. The van der Waals surface area contributed by atoms with Crippen LogP contribution in [-0.2, 0) is 10.2 Å². The van der Waals surface area contributed by atoms with E-state index >= 15 is 0 Å². The molecule has 1 N–H and O–H groups in total. The molecule has 3 rings (SSSR count). The molecular formula is C16H16N2OS2. The molecule has 3 nitrogen and oxygen atoms in total. The van der Waals surface area contributed by atoms with Gasteiger partial charge in [0, 0.05) is 23.8 Å². The second kappa shape index (κ2) is 5.00. The highest BCUT2D eigenvalue weighted by atomic mass is 32.2. The van der Waals surface area contributed by atoms with E-state index < -0.39 is 0 Å². The van der Waals surface area contributed by atoms with Crippen LogP contribution in [0.4, 0.5) is 5.69 Å². The Kier molecular flexibility index (Phi) is 3.42. The van der Waals surface area contributed by atoms with Crippen molar-refractivity contribution in [3.05, 3.63) is 52.6 Å². The van der Waals surface area contributed by atoms with Crippen molar-refractivity contribution in [2.75, 3.05) is 11.9 Å². The molecular weight excluding hydrogens is 300 g/mol. The van der Waals surface area contributed by atoms with E-state index in [2.05, 4.69) is 49.3 Å². The van der Waals surface area contributed by atoms with Crippen LogP contribution in [0.1, 0.15) is 19.4 Å². The van der Waals surface area contributed by atoms with Crippen molar-refractivity contribution in [2.45, 2.75) is 19.3 Å². The van der Waals surface area contributed by atoms with E-state index in [1.54, 1.807) is 0 Å². The van der Waals surface area contributed by atoms with Gasteiger partial charge < -0.3 is 10.2 Å². The van der Waals surface area contributed by atoms with Gasteiger partial charge in [0.15, 0.2) is 0 Å². The number of rotatable bonds is 1. The van der Waals surface area contributed by atoms with Crippen LogP contribution in [0.25, 0.3) is 0 Å². The lowest BCUT2D eigenvalue weighted by atomic mass is 9.84. The Labute approximate surface area is 134 Å². The van der Waals surface area contributed by atoms with Crippen LogP contribution in [0.3, 0.4) is 0 Å². The van der Waals surface area contributed by atoms with Crippen LogP contribution in [0.2, 0.25) is 0 Å². The maximum atomic E-state index is 11.7. The van der Waals surface area contributed by atoms with Gasteiger partial charge in [-0.3, -0.25) is 4.79 Å². The number of hydrogen-bond acceptors (Lipinski definition) is 4. The summed E-state index contributed by atoms with van der Waals surface area (Å²) in [7, 11) is 2.06. The summed E-state index contributed by atoms with van der Waals surface area (Å²) < 4.78 is 0.520. The molecule has 21 heavy (non-hydrogen) atoms. The second-order valence-electron chi connectivity index (χ2n) is 5.63. The van der Waals surface area contributed by atoms with E-state index in [-0.39, 0.29) is 11.3 Å². The van der Waals surface area contributed by atoms with E-state index in [0.29, 0.717) is 9.23 Å². The molecule has 2 aliphatic heterocycles. The largest absolute Gasteiger partial charge is 0.347 e. The molecule has 1 aromatic carbocycles. The maximum Gasteiger partial charge on any atom is 0.263 e. The van der Waals surface area contributed by atoms with Gasteiger partial charge >= 0.3 is 0 Å². The minimum absolute atomic E-state index is 0.0807. The topological polar surface area (TPSA) is 32.3 Å². The summed E-state index contributed by atoms with van der Waals surface area (Å²) >= 11 is 6.32. The van der Waals surface area contributed by atoms with Crippen LogP contribution < -0.4 is 10.2 Å². The van der Waals surface area contributed by atoms with E-state index in [4.69, 9.17) is 12.2 Å². The zero-order chi connectivity index (χ0) is 15.2. The highest BCUT2D eigenvalue weighted by Gasteiger charge is 2.37. The zero-order valence-electron chi connectivity index (χ0n) is 12.1. The molecule has 2 aliphatic rings. The standard InChI is InChI=1S/C16H16N2OS2/c1-16(2)10-6-4-5-7-11(10)18(3)13(16)9-8-12-14(19)17-15(20)21-12/h4-9H,1-3H3,(H,17,19,20)/b12-8+,13-9+. The van der Waals surface area contributed by atoms with E-state index in [1.807, 2.05) is 18.2 Å². The van der Waals surface area contributed by atoms with Crippen LogP contribution in [0.15, 0.2) is 47.0 Å². The molecule has 0 radical (unpaired) electrons. The first kappa shape index (κ1) is 14.4. The Bertz CT molecular complexity index is 704. The number of hydrogen-bond donors (Lipinski definition) is 1. The highest BCUT2D eigenvalue weighted by Crippen LogP contribution is 2.46. The first-order valence-electron chi connectivity index (χ1n) is 6.70. The quantitative estimate of drug-likeness (QED) is 0.636. The number of anilines is 1. The lowest BCUT2D eigenvalue weighted by molar-refractivity contribution is -0.115. The number of carbonyl (C=O) groups is 1. The molecule has 1 saturated heterocycles. The number of allylic oxidation sites excluding steroid dienone is 3. The first-order chi connectivity index (χ1) is 9.91. The Hall–Kier alpha value is -1.59. The summed E-state index contributed by atoms with van der Waals surface area (Å²) in [4.78, 5) is 14.5. The number of fused-ring (bicyclic) bond motifs is 1. The Morgan fingerprint density at radius 1 is 1.29 bits per heavy atom. The smallest absolute Gasteiger partial charge is 0.263 e. The van der Waals surface area contributed by atoms with Crippen LogP contribution in [0.5, 0.6) is 0 Å². The number of thiocarbonyl (C=S) groups is 1. The van der Waals surface area contributed by atoms with Gasteiger partial charge in [-0.1, -0.05) is 56.0 Å². The van der Waals surface area contributed by atoms with E-state index in [1.165, 1.54) is 28.7 Å². The lowest BCUT2D eigenvalue weighted by Gasteiger charge is -2.23. The number of thioether (sulfide) groups is 1. The molecule has 5 heteroatoms. The maximum absolute atomic E-state index is 11.7. The van der Waals surface area contributed by atoms with Gasteiger partial charge in [0.2, 0.25) is 0 Å². The summed E-state index contributed by atoms with van der Waals surface area (Å²) in [6, 6.07) is 8.39. The summed E-state index contributed by atoms with van der Waals surface area (Å²) in [5.41, 5.74) is 3.60. The minimum atomic E-state index is -0.113. The van der Waals surface area contributed by atoms with Crippen LogP contribution in [-0.4, -0.2) is 17.3 Å². The van der Waals surface area contributed by atoms with Gasteiger partial charge in [-0.05, 0) is 23.8 Å². The van der Waals surface area contributed by atoms with Gasteiger partial charge in [0.25, 0.3) is 5.91 Å². The lowest BCUT2D eigenvalue weighted by Crippen LogP contribution is -2.22. The predicted molar refractivity (Wildman–Crippen MR) is 92.4 cm³/mol. The molecule has 1 fully saturated rings. The summed E-state index contributed by atoms with van der Waals surface area (Å²) in [6.07, 6.45) is 3.88. The highest BCUT2D eigenvalue weighted by molar-refractivity contribution is 8.26. The third kappa shape index (κ3) is 2.30. The predicted octanol–water partition coefficient (Wildman–Crippen LogP) is 3.33. The molecule has 0 aromatic heterocycles. The Balaban J connectivity index is 2.01. The molecule has 0 bridgehead atoms. The average molecular weight is 316 g/mol. The molecule has 0 saturated carbocycles. The van der Waals surface area contributed by atoms with Crippen molar-refractivity contribution in [3.63, 3.8) is 0 Å². The van der Waals surface area contributed by atoms with Crippen molar-refractivity contribution in [1.29, 1.82) is 0 Å². The number of nitrogens with one attached hydrogen (secondary N) is 1. The monoisotopic (exact) mass is 316 g/mol. The summed E-state index contributed by atoms with van der Waals surface area (Å²) in [5.74, 6) is -0.113. The van der Waals surface area contributed by atoms with Gasteiger partial charge in [0.05, 0.1) is 4.91 Å². The molecule has 1 aromatic rings. The average Bonchev–Trinajstić information content (AvgIpc) is 2.85. The fraction of sp³-hybridized carbons (Fsp3) is 0.250. The van der Waals surface area contributed by atoms with E-state index in [0.717, 1.165) is 0 Å². The number of nitrogens with zero attached hydrogens (tertiary/aromatic N) is 1. The van der Waals surface area contributed by atoms with Crippen molar-refractivity contribution in [1.82, 2.24) is 5.32 Å². The summed E-state index contributed by atoms with van der Waals surface area (Å²) in [6.45, 7) is 4.40. The summed E-state index contributed by atoms with van der Waals surface area (Å²) in [5, 5.41) is 2.64. The van der Waals surface area contributed by atoms with Gasteiger partial charge in [-0.2, -0.15) is 0 Å². The van der Waals surface area contributed by atoms with Gasteiger partial charge in [-0.25, -0.2) is 0 Å². The van der Waals surface area contributed by atoms with Crippen LogP contribution >= 0.6 is 24.0 Å². The molecule has 0 spiro atoms. The van der Waals surface area contributed by atoms with Crippen molar-refractivity contribution >= 4 is 39.9 Å². The van der Waals surface area contributed by atoms with E-state index in [9.17, 15) is 4.79 Å². The van der Waals surface area contributed by atoms with Crippen LogP contribution in [0, 0.1) is 0 Å². The third-order valence-electron chi connectivity index (χ3n) is 3.98. The van der Waals surface area contributed by atoms with Crippen molar-refractivity contribution in [3.8, 4) is 0 Å². The van der Waals surface area contributed by atoms with Gasteiger partial charge in [0.1, 0.15) is 4.32 Å². The molecule has 0 unspecified atom stereocenters. The first-order valence-corrected chi connectivity index (χ1v) is 7.92. The third-order valence-corrected chi connectivity index (χ3v) is 5.16. The Morgan fingerprint density at radius 3 is 2.62 bits per heavy atom. The Morgan fingerprint density at radius 2 is 2.00 bits per heavy atom. The number of para-hydroxylation sites is 1. The second-order valence-corrected chi connectivity index (χ2v) is 7.35. The fourth-order valence-electron chi connectivity index (χ4n) is 2.89. The minimum Gasteiger partial charge on any atom is -0.347 e. The molecule has 108 valence electrons. The molecule has 0 aliphatic carbocycles. The zero-order valence-corrected chi connectivity index (χ0v) is 13.8. The number of amides is 1. The molecule has 0 atom stereocenters. The normalized spacial score (nSPS) is 23.9. The van der Waals surface area contributed by atoms with Gasteiger partial charge in [-0.15, -0.1) is 0 Å². The molecule has 2 heterocycles. The fourth-order valence-corrected chi connectivity index (χ4v) is 3.88. The SMILES string of the molecule is CN1/C(=C/C=C2/SC(=S)NC2=O)C(C)(C)c2ccccc21. The number of likely N-dealkylation sites (N-methyl/N-ethyl adjacent to an activating group) is 1. The van der Waals surface area contributed by atoms with Crippen molar-refractivity contribution in [2.24, 2.45) is 0 Å².